The van der Waals surface area contributed by atoms with Gasteiger partial charge in [0.25, 0.3) is 0 Å². The smallest absolute Gasteiger partial charge is 0.329 e. The molecule has 0 radical (unpaired) electrons. The monoisotopic (exact) mass is 400 g/mol. The zero-order valence-electron chi connectivity index (χ0n) is 16.9. The number of aryl methyl sites for hydroxylation is 2. The summed E-state index contributed by atoms with van der Waals surface area (Å²) in [5.74, 6) is -0.692. The highest BCUT2D eigenvalue weighted by molar-refractivity contribution is 6.00. The van der Waals surface area contributed by atoms with Gasteiger partial charge in [-0.05, 0) is 50.8 Å². The Morgan fingerprint density at radius 2 is 2.03 bits per heavy atom. The number of carbonyl (C=O) groups excluding carboxylic acids is 2. The number of aromatic nitrogens is 2. The van der Waals surface area contributed by atoms with E-state index in [-0.39, 0.29) is 18.0 Å². The van der Waals surface area contributed by atoms with E-state index >= 15 is 0 Å². The van der Waals surface area contributed by atoms with Crippen LogP contribution >= 0.6 is 0 Å². The van der Waals surface area contributed by atoms with E-state index in [1.165, 1.54) is 4.57 Å². The van der Waals surface area contributed by atoms with Gasteiger partial charge in [0.05, 0.1) is 17.1 Å². The van der Waals surface area contributed by atoms with Crippen molar-refractivity contribution in [1.82, 2.24) is 19.8 Å². The summed E-state index contributed by atoms with van der Waals surface area (Å²) in [7, 11) is 3.71. The quantitative estimate of drug-likeness (QED) is 0.535. The number of fused-ring (bicyclic) bond motifs is 1. The molecule has 2 N–H and O–H groups in total. The van der Waals surface area contributed by atoms with Crippen molar-refractivity contribution in [3.8, 4) is 0 Å². The number of piperidine rings is 1. The van der Waals surface area contributed by atoms with Gasteiger partial charge in [0.2, 0.25) is 11.8 Å². The molecule has 1 saturated carbocycles. The van der Waals surface area contributed by atoms with Gasteiger partial charge in [0.15, 0.2) is 0 Å². The number of ether oxygens (including phenoxy) is 1. The molecule has 29 heavy (non-hydrogen) atoms. The molecule has 1 atom stereocenters. The number of imidazole rings is 1. The van der Waals surface area contributed by atoms with Gasteiger partial charge in [-0.25, -0.2) is 4.79 Å². The molecule has 1 aliphatic carbocycles. The van der Waals surface area contributed by atoms with Crippen molar-refractivity contribution in [3.05, 3.63) is 34.2 Å². The molecule has 1 unspecified atom stereocenters. The third kappa shape index (κ3) is 3.74. The van der Waals surface area contributed by atoms with Crippen LogP contribution in [-0.4, -0.2) is 46.7 Å². The molecule has 2 heterocycles. The number of para-hydroxylation sites is 1. The van der Waals surface area contributed by atoms with Gasteiger partial charge in [0.1, 0.15) is 6.04 Å². The molecule has 0 bridgehead atoms. The normalized spacial score (nSPS) is 24.6. The fourth-order valence-corrected chi connectivity index (χ4v) is 4.40. The van der Waals surface area contributed by atoms with E-state index in [2.05, 4.69) is 10.6 Å². The van der Waals surface area contributed by atoms with Crippen molar-refractivity contribution in [3.63, 3.8) is 0 Å². The van der Waals surface area contributed by atoms with E-state index in [1.54, 1.807) is 11.6 Å². The molecule has 1 aromatic heterocycles. The number of carbonyl (C=O) groups is 2. The summed E-state index contributed by atoms with van der Waals surface area (Å²) >= 11 is 0. The lowest BCUT2D eigenvalue weighted by molar-refractivity contribution is -0.135. The number of amides is 2. The first-order valence-corrected chi connectivity index (χ1v) is 10.3. The van der Waals surface area contributed by atoms with Gasteiger partial charge in [-0.2, -0.15) is 0 Å². The number of nitrogens with one attached hydrogen (secondary N) is 2. The summed E-state index contributed by atoms with van der Waals surface area (Å²) < 4.78 is 9.06. The summed E-state index contributed by atoms with van der Waals surface area (Å²) in [4.78, 5) is 36.7. The van der Waals surface area contributed by atoms with Gasteiger partial charge in [0, 0.05) is 26.1 Å². The van der Waals surface area contributed by atoms with Crippen LogP contribution < -0.4 is 16.3 Å². The summed E-state index contributed by atoms with van der Waals surface area (Å²) in [5.41, 5.74) is 2.42. The topological polar surface area (TPSA) is 94.4 Å². The van der Waals surface area contributed by atoms with Crippen LogP contribution in [0.1, 0.15) is 43.7 Å². The molecule has 0 spiro atoms. The van der Waals surface area contributed by atoms with Crippen LogP contribution in [0.3, 0.4) is 0 Å². The Balaban J connectivity index is 1.50. The fraction of sp³-hybridized carbons (Fsp3) is 0.571. The molecule has 1 aliphatic heterocycles. The van der Waals surface area contributed by atoms with Gasteiger partial charge >= 0.3 is 5.69 Å². The van der Waals surface area contributed by atoms with Crippen molar-refractivity contribution < 1.29 is 14.3 Å². The first kappa shape index (κ1) is 19.8. The van der Waals surface area contributed by atoms with Crippen LogP contribution in [0.2, 0.25) is 0 Å². The van der Waals surface area contributed by atoms with Gasteiger partial charge in [-0.1, -0.05) is 12.1 Å². The van der Waals surface area contributed by atoms with E-state index in [9.17, 15) is 14.4 Å². The Labute approximate surface area is 169 Å². The SMILES string of the molecule is CNC1CC(OCCCc2cccc3c2n(C)c(=O)n3C2CCC(=O)NC2=O)C1. The maximum Gasteiger partial charge on any atom is 0.329 e. The molecule has 2 aliphatic rings. The maximum absolute atomic E-state index is 12.9. The standard InChI is InChI=1S/C21H28N4O4/c1-22-14-11-15(12-14)29-10-4-6-13-5-3-7-16-19(13)24(2)21(28)25(16)17-8-9-18(26)23-20(17)27/h3,5,7,14-15,17,22H,4,6,8-12H2,1-2H3,(H,23,26,27). The van der Waals surface area contributed by atoms with Crippen LogP contribution in [0.4, 0.5) is 0 Å². The second-order valence-corrected chi connectivity index (χ2v) is 8.02. The molecule has 8 nitrogen and oxygen atoms in total. The van der Waals surface area contributed by atoms with Crippen molar-refractivity contribution >= 4 is 22.8 Å². The van der Waals surface area contributed by atoms with E-state index in [4.69, 9.17) is 4.74 Å². The highest BCUT2D eigenvalue weighted by Crippen LogP contribution is 2.26. The lowest BCUT2D eigenvalue weighted by atomic mass is 9.89. The second-order valence-electron chi connectivity index (χ2n) is 8.02. The predicted molar refractivity (Wildman–Crippen MR) is 109 cm³/mol. The van der Waals surface area contributed by atoms with E-state index < -0.39 is 11.9 Å². The maximum atomic E-state index is 12.9. The van der Waals surface area contributed by atoms with Crippen LogP contribution in [0.15, 0.2) is 23.0 Å². The third-order valence-electron chi connectivity index (χ3n) is 6.16. The first-order valence-electron chi connectivity index (χ1n) is 10.3. The first-order chi connectivity index (χ1) is 14.0. The summed E-state index contributed by atoms with van der Waals surface area (Å²) in [6.45, 7) is 0.694. The summed E-state index contributed by atoms with van der Waals surface area (Å²) in [6, 6.07) is 5.74. The second kappa shape index (κ2) is 8.12. The Bertz CT molecular complexity index is 986. The zero-order valence-corrected chi connectivity index (χ0v) is 16.9. The molecule has 156 valence electrons. The van der Waals surface area contributed by atoms with Gasteiger partial charge in [-0.15, -0.1) is 0 Å². The third-order valence-corrected chi connectivity index (χ3v) is 6.16. The Kier molecular flexibility index (Phi) is 5.56. The minimum Gasteiger partial charge on any atom is -0.378 e. The minimum atomic E-state index is -0.652. The number of benzene rings is 1. The van der Waals surface area contributed by atoms with Crippen molar-refractivity contribution in [1.29, 1.82) is 0 Å². The zero-order chi connectivity index (χ0) is 20.5. The van der Waals surface area contributed by atoms with Crippen LogP contribution in [-0.2, 0) is 27.8 Å². The molecular formula is C21H28N4O4. The number of rotatable bonds is 7. The lowest BCUT2D eigenvalue weighted by Gasteiger charge is -2.34. The van der Waals surface area contributed by atoms with Crippen LogP contribution in [0, 0.1) is 0 Å². The van der Waals surface area contributed by atoms with Crippen molar-refractivity contribution in [2.45, 2.75) is 56.7 Å². The largest absolute Gasteiger partial charge is 0.378 e. The van der Waals surface area contributed by atoms with E-state index in [1.807, 2.05) is 25.2 Å². The Hall–Kier alpha value is -2.45. The highest BCUT2D eigenvalue weighted by atomic mass is 16.5. The molecule has 2 fully saturated rings. The lowest BCUT2D eigenvalue weighted by Crippen LogP contribution is -2.44. The van der Waals surface area contributed by atoms with Gasteiger partial charge < -0.3 is 10.1 Å². The number of imide groups is 1. The Morgan fingerprint density at radius 3 is 2.76 bits per heavy atom. The number of hydrogen-bond donors (Lipinski definition) is 2. The molecule has 1 saturated heterocycles. The molecule has 2 amide bonds. The van der Waals surface area contributed by atoms with Crippen molar-refractivity contribution in [2.75, 3.05) is 13.7 Å². The highest BCUT2D eigenvalue weighted by Gasteiger charge is 2.31. The van der Waals surface area contributed by atoms with E-state index in [0.29, 0.717) is 25.2 Å². The van der Waals surface area contributed by atoms with E-state index in [0.717, 1.165) is 42.3 Å². The minimum absolute atomic E-state index is 0.231. The fourth-order valence-electron chi connectivity index (χ4n) is 4.40. The van der Waals surface area contributed by atoms with Crippen LogP contribution in [0.5, 0.6) is 0 Å². The number of nitrogens with zero attached hydrogens (tertiary/aromatic N) is 2. The average molecular weight is 400 g/mol. The predicted octanol–water partition coefficient (Wildman–Crippen LogP) is 1.02. The van der Waals surface area contributed by atoms with Gasteiger partial charge in [-0.3, -0.25) is 24.0 Å². The summed E-state index contributed by atoms with van der Waals surface area (Å²) in [5, 5.41) is 5.60. The molecule has 1 aromatic carbocycles. The van der Waals surface area contributed by atoms with Crippen LogP contribution in [0.25, 0.3) is 11.0 Å². The molecular weight excluding hydrogens is 372 g/mol. The Morgan fingerprint density at radius 1 is 1.24 bits per heavy atom. The molecule has 8 heteroatoms. The average Bonchev–Trinajstić information content (AvgIpc) is 2.92. The van der Waals surface area contributed by atoms with Crippen molar-refractivity contribution in [2.24, 2.45) is 7.05 Å². The molecule has 2 aromatic rings. The molecule has 4 rings (SSSR count). The summed E-state index contributed by atoms with van der Waals surface area (Å²) in [6.07, 6.45) is 4.73. The number of hydrogen-bond acceptors (Lipinski definition) is 5.